The summed E-state index contributed by atoms with van der Waals surface area (Å²) in [5, 5.41) is 8.56. The molecule has 5 nitrogen and oxygen atoms in total. The van der Waals surface area contributed by atoms with E-state index in [4.69, 9.17) is 5.11 Å². The van der Waals surface area contributed by atoms with Crippen molar-refractivity contribution in [2.45, 2.75) is 38.6 Å². The summed E-state index contributed by atoms with van der Waals surface area (Å²) in [7, 11) is -2.17. The summed E-state index contributed by atoms with van der Waals surface area (Å²) in [5.41, 5.74) is 0. The third kappa shape index (κ3) is 3.18. The number of sulfonamides is 1. The highest BCUT2D eigenvalue weighted by Crippen LogP contribution is 2.28. The summed E-state index contributed by atoms with van der Waals surface area (Å²) in [4.78, 5) is 10.5. The van der Waals surface area contributed by atoms with Gasteiger partial charge in [-0.25, -0.2) is 12.7 Å². The van der Waals surface area contributed by atoms with Gasteiger partial charge in [0.1, 0.15) is 0 Å². The van der Waals surface area contributed by atoms with E-state index in [1.54, 1.807) is 0 Å². The van der Waals surface area contributed by atoms with Crippen LogP contribution in [0.1, 0.15) is 32.6 Å². The van der Waals surface area contributed by atoms with E-state index in [-0.39, 0.29) is 6.04 Å². The van der Waals surface area contributed by atoms with Crippen molar-refractivity contribution in [3.63, 3.8) is 0 Å². The highest BCUT2D eigenvalue weighted by molar-refractivity contribution is 7.89. The lowest BCUT2D eigenvalue weighted by atomic mass is 9.86. The maximum atomic E-state index is 11.7. The quantitative estimate of drug-likeness (QED) is 0.803. The summed E-state index contributed by atoms with van der Waals surface area (Å²) in [6, 6.07) is -0.0434. The van der Waals surface area contributed by atoms with Crippen LogP contribution in [0.15, 0.2) is 0 Å². The zero-order valence-electron chi connectivity index (χ0n) is 9.72. The molecule has 0 aromatic carbocycles. The van der Waals surface area contributed by atoms with E-state index < -0.39 is 21.7 Å². The molecule has 94 valence electrons. The Hall–Kier alpha value is -0.620. The number of carboxylic acid groups (broad SMARTS) is 1. The molecule has 1 N–H and O–H groups in total. The van der Waals surface area contributed by atoms with Crippen molar-refractivity contribution < 1.29 is 18.3 Å². The third-order valence-electron chi connectivity index (χ3n) is 3.28. The highest BCUT2D eigenvalue weighted by Gasteiger charge is 2.32. The van der Waals surface area contributed by atoms with Crippen LogP contribution in [0.3, 0.4) is 0 Å². The SMILES string of the molecule is CC1CCCCC1N(C)S(=O)(=O)CC(=O)O. The van der Waals surface area contributed by atoms with E-state index in [0.717, 1.165) is 25.7 Å². The van der Waals surface area contributed by atoms with Gasteiger partial charge in [-0.05, 0) is 18.8 Å². The fraction of sp³-hybridized carbons (Fsp3) is 0.900. The molecule has 0 aliphatic heterocycles. The second-order valence-electron chi connectivity index (χ2n) is 4.50. The van der Waals surface area contributed by atoms with Crippen LogP contribution in [0, 0.1) is 5.92 Å². The molecule has 16 heavy (non-hydrogen) atoms. The van der Waals surface area contributed by atoms with Crippen molar-refractivity contribution in [2.24, 2.45) is 5.92 Å². The molecule has 0 aromatic heterocycles. The zero-order chi connectivity index (χ0) is 12.3. The maximum absolute atomic E-state index is 11.7. The summed E-state index contributed by atoms with van der Waals surface area (Å²) in [5.74, 6) is -1.80. The van der Waals surface area contributed by atoms with Crippen LogP contribution in [0.4, 0.5) is 0 Å². The normalized spacial score (nSPS) is 26.9. The molecule has 2 unspecified atom stereocenters. The van der Waals surface area contributed by atoms with E-state index in [1.165, 1.54) is 11.4 Å². The Kier molecular flexibility index (Phi) is 4.32. The van der Waals surface area contributed by atoms with Gasteiger partial charge in [0.05, 0.1) is 0 Å². The van der Waals surface area contributed by atoms with E-state index >= 15 is 0 Å². The second-order valence-corrected chi connectivity index (χ2v) is 6.52. The number of hydrogen-bond acceptors (Lipinski definition) is 3. The summed E-state index contributed by atoms with van der Waals surface area (Å²) in [6.07, 6.45) is 3.99. The fourth-order valence-electron chi connectivity index (χ4n) is 2.30. The number of aliphatic carboxylic acids is 1. The molecule has 0 bridgehead atoms. The van der Waals surface area contributed by atoms with Gasteiger partial charge in [-0.2, -0.15) is 0 Å². The zero-order valence-corrected chi connectivity index (χ0v) is 10.5. The van der Waals surface area contributed by atoms with Gasteiger partial charge in [0.2, 0.25) is 10.0 Å². The molecule has 1 aliphatic carbocycles. The lowest BCUT2D eigenvalue weighted by Gasteiger charge is -2.35. The maximum Gasteiger partial charge on any atom is 0.320 e. The van der Waals surface area contributed by atoms with Crippen LogP contribution in [0.5, 0.6) is 0 Å². The number of carboxylic acids is 1. The van der Waals surface area contributed by atoms with Crippen LogP contribution in [-0.4, -0.2) is 42.6 Å². The first kappa shape index (κ1) is 13.4. The van der Waals surface area contributed by atoms with Crippen LogP contribution in [0.2, 0.25) is 0 Å². The van der Waals surface area contributed by atoms with E-state index in [9.17, 15) is 13.2 Å². The Morgan fingerprint density at radius 2 is 1.94 bits per heavy atom. The number of nitrogens with zero attached hydrogens (tertiary/aromatic N) is 1. The largest absolute Gasteiger partial charge is 0.480 e. The molecule has 1 rings (SSSR count). The smallest absolute Gasteiger partial charge is 0.320 e. The predicted molar refractivity (Wildman–Crippen MR) is 60.6 cm³/mol. The van der Waals surface area contributed by atoms with Gasteiger partial charge < -0.3 is 5.11 Å². The van der Waals surface area contributed by atoms with Crippen LogP contribution in [-0.2, 0) is 14.8 Å². The molecular weight excluding hydrogens is 230 g/mol. The minimum absolute atomic E-state index is 0.0434. The number of rotatable bonds is 4. The Labute approximate surface area is 96.5 Å². The summed E-state index contributed by atoms with van der Waals surface area (Å²) in [6.45, 7) is 2.02. The molecule has 1 fully saturated rings. The monoisotopic (exact) mass is 249 g/mol. The Bertz CT molecular complexity index is 352. The molecule has 6 heteroatoms. The van der Waals surface area contributed by atoms with Crippen molar-refractivity contribution in [1.29, 1.82) is 0 Å². The van der Waals surface area contributed by atoms with Gasteiger partial charge in [-0.1, -0.05) is 19.8 Å². The standard InChI is InChI=1S/C10H19NO4S/c1-8-5-3-4-6-9(8)11(2)16(14,15)7-10(12)13/h8-9H,3-7H2,1-2H3,(H,12,13). The van der Waals surface area contributed by atoms with Crippen molar-refractivity contribution >= 4 is 16.0 Å². The van der Waals surface area contributed by atoms with Gasteiger partial charge in [-0.3, -0.25) is 4.79 Å². The molecule has 1 aliphatic rings. The minimum Gasteiger partial charge on any atom is -0.480 e. The van der Waals surface area contributed by atoms with Crippen molar-refractivity contribution in [2.75, 3.05) is 12.8 Å². The number of hydrogen-bond donors (Lipinski definition) is 1. The Morgan fingerprint density at radius 1 is 1.38 bits per heavy atom. The molecule has 0 amide bonds. The van der Waals surface area contributed by atoms with Crippen LogP contribution < -0.4 is 0 Å². The highest BCUT2D eigenvalue weighted by atomic mass is 32.2. The first-order valence-corrected chi connectivity index (χ1v) is 7.13. The molecule has 0 aromatic rings. The molecule has 0 saturated heterocycles. The molecule has 1 saturated carbocycles. The van der Waals surface area contributed by atoms with Crippen LogP contribution in [0.25, 0.3) is 0 Å². The van der Waals surface area contributed by atoms with Crippen molar-refractivity contribution in [3.8, 4) is 0 Å². The Morgan fingerprint density at radius 3 is 2.44 bits per heavy atom. The molecule has 2 atom stereocenters. The molecule has 0 spiro atoms. The van der Waals surface area contributed by atoms with E-state index in [0.29, 0.717) is 5.92 Å². The minimum atomic E-state index is -3.66. The van der Waals surface area contributed by atoms with Gasteiger partial charge in [0, 0.05) is 13.1 Å². The summed E-state index contributed by atoms with van der Waals surface area (Å²) >= 11 is 0. The first-order valence-electron chi connectivity index (χ1n) is 5.52. The molecule has 0 radical (unpaired) electrons. The van der Waals surface area contributed by atoms with Gasteiger partial charge in [-0.15, -0.1) is 0 Å². The average Bonchev–Trinajstić information content (AvgIpc) is 2.15. The first-order chi connectivity index (χ1) is 7.34. The van der Waals surface area contributed by atoms with Crippen LogP contribution >= 0.6 is 0 Å². The Balaban J connectivity index is 2.75. The average molecular weight is 249 g/mol. The van der Waals surface area contributed by atoms with Gasteiger partial charge in [0.25, 0.3) is 0 Å². The summed E-state index contributed by atoms with van der Waals surface area (Å²) < 4.78 is 24.7. The molecule has 0 heterocycles. The van der Waals surface area contributed by atoms with Crippen molar-refractivity contribution in [3.05, 3.63) is 0 Å². The third-order valence-corrected chi connectivity index (χ3v) is 5.04. The molecular formula is C10H19NO4S. The second kappa shape index (κ2) is 5.14. The fourth-order valence-corrected chi connectivity index (χ4v) is 3.54. The van der Waals surface area contributed by atoms with Gasteiger partial charge >= 0.3 is 5.97 Å². The van der Waals surface area contributed by atoms with E-state index in [1.807, 2.05) is 6.92 Å². The topological polar surface area (TPSA) is 74.7 Å². The van der Waals surface area contributed by atoms with Gasteiger partial charge in [0.15, 0.2) is 5.75 Å². The van der Waals surface area contributed by atoms with Crippen molar-refractivity contribution in [1.82, 2.24) is 4.31 Å². The van der Waals surface area contributed by atoms with E-state index in [2.05, 4.69) is 0 Å². The lowest BCUT2D eigenvalue weighted by molar-refractivity contribution is -0.134. The number of carbonyl (C=O) groups is 1. The lowest BCUT2D eigenvalue weighted by Crippen LogP contribution is -2.44. The predicted octanol–water partition coefficient (Wildman–Crippen LogP) is 0.911.